The van der Waals surface area contributed by atoms with Crippen LogP contribution in [0.5, 0.6) is 5.75 Å². The van der Waals surface area contributed by atoms with E-state index in [1.165, 1.54) is 19.9 Å². The first-order valence-electron chi connectivity index (χ1n) is 7.64. The molecule has 0 atom stereocenters. The number of fused-ring (bicyclic) bond motifs is 3. The summed E-state index contributed by atoms with van der Waals surface area (Å²) < 4.78 is 5.84. The summed E-state index contributed by atoms with van der Waals surface area (Å²) >= 11 is 6.11. The minimum atomic E-state index is 0.295. The summed E-state index contributed by atoms with van der Waals surface area (Å²) in [7, 11) is 1.50. The third-order valence-electron chi connectivity index (χ3n) is 3.98. The molecule has 23 heavy (non-hydrogen) atoms. The second-order valence-electron chi connectivity index (χ2n) is 5.36. The van der Waals surface area contributed by atoms with E-state index in [2.05, 4.69) is 20.6 Å². The molecule has 0 spiro atoms. The van der Waals surface area contributed by atoms with Crippen molar-refractivity contribution in [1.82, 2.24) is 9.97 Å². The standard InChI is InChI=1S/C15H15ClN4O.CH5N/c16-9-3-4-12-10(7-9)13-11(8-21-12)14(19-15(17)18-13)20-5-1-2-6-20;1-2/h3-4,7H,1-2,5-6,8H2,(H2,17,18,19);2H2,1H3. The second-order valence-corrected chi connectivity index (χ2v) is 5.79. The van der Waals surface area contributed by atoms with Gasteiger partial charge in [-0.2, -0.15) is 4.98 Å². The van der Waals surface area contributed by atoms with Crippen molar-refractivity contribution in [3.05, 3.63) is 28.8 Å². The molecule has 1 aromatic heterocycles. The van der Waals surface area contributed by atoms with Gasteiger partial charge in [0.1, 0.15) is 18.2 Å². The van der Waals surface area contributed by atoms with Crippen LogP contribution in [0.3, 0.4) is 0 Å². The summed E-state index contributed by atoms with van der Waals surface area (Å²) in [6, 6.07) is 5.56. The van der Waals surface area contributed by atoms with E-state index < -0.39 is 0 Å². The number of halogens is 1. The maximum Gasteiger partial charge on any atom is 0.222 e. The van der Waals surface area contributed by atoms with Crippen LogP contribution in [0.15, 0.2) is 18.2 Å². The number of ether oxygens (including phenoxy) is 1. The molecule has 1 fully saturated rings. The van der Waals surface area contributed by atoms with Crippen molar-refractivity contribution >= 4 is 23.4 Å². The molecule has 1 saturated heterocycles. The molecule has 3 heterocycles. The summed E-state index contributed by atoms with van der Waals surface area (Å²) in [4.78, 5) is 11.1. The van der Waals surface area contributed by atoms with E-state index in [-0.39, 0.29) is 0 Å². The number of anilines is 2. The summed E-state index contributed by atoms with van der Waals surface area (Å²) in [5.74, 6) is 1.99. The predicted octanol–water partition coefficient (Wildman–Crippen LogP) is 2.45. The van der Waals surface area contributed by atoms with Gasteiger partial charge in [-0.05, 0) is 38.1 Å². The zero-order valence-electron chi connectivity index (χ0n) is 13.1. The van der Waals surface area contributed by atoms with Gasteiger partial charge in [0.2, 0.25) is 5.95 Å². The van der Waals surface area contributed by atoms with Crippen LogP contribution in [0.4, 0.5) is 11.8 Å². The average molecular weight is 334 g/mol. The molecule has 1 aromatic carbocycles. The number of rotatable bonds is 1. The molecule has 2 aliphatic heterocycles. The Kier molecular flexibility index (Phi) is 4.54. The molecule has 2 aliphatic rings. The molecule has 0 aliphatic carbocycles. The highest BCUT2D eigenvalue weighted by Crippen LogP contribution is 2.41. The minimum Gasteiger partial charge on any atom is -0.488 e. The van der Waals surface area contributed by atoms with Crippen LogP contribution in [-0.2, 0) is 6.61 Å². The summed E-state index contributed by atoms with van der Waals surface area (Å²) in [5, 5.41) is 0.658. The lowest BCUT2D eigenvalue weighted by Crippen LogP contribution is -2.24. The Balaban J connectivity index is 0.000000753. The molecule has 0 unspecified atom stereocenters. The number of hydrogen-bond acceptors (Lipinski definition) is 6. The van der Waals surface area contributed by atoms with Crippen molar-refractivity contribution in [3.8, 4) is 17.0 Å². The fraction of sp³-hybridized carbons (Fsp3) is 0.375. The van der Waals surface area contributed by atoms with Crippen LogP contribution >= 0.6 is 11.6 Å². The highest BCUT2D eigenvalue weighted by molar-refractivity contribution is 6.31. The summed E-state index contributed by atoms with van der Waals surface area (Å²) in [5.41, 5.74) is 13.2. The van der Waals surface area contributed by atoms with Crippen LogP contribution in [0, 0.1) is 0 Å². The lowest BCUT2D eigenvalue weighted by atomic mass is 10.0. The van der Waals surface area contributed by atoms with E-state index in [0.29, 0.717) is 17.6 Å². The Bertz CT molecular complexity index is 716. The van der Waals surface area contributed by atoms with Crippen LogP contribution in [-0.4, -0.2) is 30.1 Å². The molecule has 122 valence electrons. The number of aromatic nitrogens is 2. The number of benzene rings is 1. The number of nitrogens with two attached hydrogens (primary N) is 2. The maximum absolute atomic E-state index is 6.11. The lowest BCUT2D eigenvalue weighted by molar-refractivity contribution is 0.301. The van der Waals surface area contributed by atoms with E-state index in [0.717, 1.165) is 41.5 Å². The molecule has 4 rings (SSSR count). The van der Waals surface area contributed by atoms with Gasteiger partial charge in [0.05, 0.1) is 11.3 Å². The van der Waals surface area contributed by atoms with Gasteiger partial charge in [-0.25, -0.2) is 4.98 Å². The van der Waals surface area contributed by atoms with Gasteiger partial charge < -0.3 is 21.1 Å². The van der Waals surface area contributed by atoms with Crippen LogP contribution in [0.1, 0.15) is 18.4 Å². The Morgan fingerprint density at radius 3 is 2.65 bits per heavy atom. The van der Waals surface area contributed by atoms with Crippen molar-refractivity contribution in [2.75, 3.05) is 30.8 Å². The third-order valence-corrected chi connectivity index (χ3v) is 4.21. The fourth-order valence-electron chi connectivity index (χ4n) is 3.00. The SMILES string of the molecule is CN.Nc1nc2c(c(N3CCCC3)n1)COc1ccc(Cl)cc1-2. The zero-order chi connectivity index (χ0) is 16.4. The van der Waals surface area contributed by atoms with E-state index in [4.69, 9.17) is 22.1 Å². The van der Waals surface area contributed by atoms with E-state index in [1.807, 2.05) is 18.2 Å². The molecule has 6 nitrogen and oxygen atoms in total. The van der Waals surface area contributed by atoms with E-state index in [9.17, 15) is 0 Å². The monoisotopic (exact) mass is 333 g/mol. The number of hydrogen-bond donors (Lipinski definition) is 2. The van der Waals surface area contributed by atoms with Gasteiger partial charge in [-0.3, -0.25) is 0 Å². The molecule has 0 bridgehead atoms. The van der Waals surface area contributed by atoms with Gasteiger partial charge in [0.15, 0.2) is 0 Å². The first-order chi connectivity index (χ1) is 11.2. The molecule has 0 saturated carbocycles. The maximum atomic E-state index is 6.11. The van der Waals surface area contributed by atoms with Crippen molar-refractivity contribution in [2.24, 2.45) is 5.73 Å². The van der Waals surface area contributed by atoms with Crippen molar-refractivity contribution in [2.45, 2.75) is 19.4 Å². The first-order valence-corrected chi connectivity index (χ1v) is 8.02. The molecule has 0 radical (unpaired) electrons. The summed E-state index contributed by atoms with van der Waals surface area (Å²) in [6.45, 7) is 2.48. The molecule has 2 aromatic rings. The van der Waals surface area contributed by atoms with Crippen LogP contribution in [0.25, 0.3) is 11.3 Å². The Morgan fingerprint density at radius 1 is 1.17 bits per heavy atom. The highest BCUT2D eigenvalue weighted by Gasteiger charge is 2.27. The molecular weight excluding hydrogens is 314 g/mol. The van der Waals surface area contributed by atoms with Crippen LogP contribution < -0.4 is 21.1 Å². The molecular formula is C16H20ClN5O. The quantitative estimate of drug-likeness (QED) is 0.833. The lowest BCUT2D eigenvalue weighted by Gasteiger charge is -2.26. The zero-order valence-corrected chi connectivity index (χ0v) is 13.8. The third kappa shape index (κ3) is 2.92. The van der Waals surface area contributed by atoms with Gasteiger partial charge in [-0.15, -0.1) is 0 Å². The smallest absolute Gasteiger partial charge is 0.222 e. The molecule has 7 heteroatoms. The normalized spacial score (nSPS) is 15.2. The van der Waals surface area contributed by atoms with Crippen molar-refractivity contribution < 1.29 is 4.74 Å². The minimum absolute atomic E-state index is 0.295. The second kappa shape index (κ2) is 6.60. The van der Waals surface area contributed by atoms with Gasteiger partial charge in [0.25, 0.3) is 0 Å². The molecule has 0 amide bonds. The van der Waals surface area contributed by atoms with Crippen molar-refractivity contribution in [1.29, 1.82) is 0 Å². The van der Waals surface area contributed by atoms with Crippen LogP contribution in [0.2, 0.25) is 5.02 Å². The number of nitrogen functional groups attached to an aromatic ring is 1. The predicted molar refractivity (Wildman–Crippen MR) is 92.8 cm³/mol. The first kappa shape index (κ1) is 15.8. The summed E-state index contributed by atoms with van der Waals surface area (Å²) in [6.07, 6.45) is 2.36. The Hall–Kier alpha value is -2.05. The number of nitrogens with zero attached hydrogens (tertiary/aromatic N) is 3. The fourth-order valence-corrected chi connectivity index (χ4v) is 3.17. The largest absolute Gasteiger partial charge is 0.488 e. The van der Waals surface area contributed by atoms with E-state index >= 15 is 0 Å². The van der Waals surface area contributed by atoms with Crippen molar-refractivity contribution in [3.63, 3.8) is 0 Å². The van der Waals surface area contributed by atoms with E-state index in [1.54, 1.807) is 0 Å². The topological polar surface area (TPSA) is 90.3 Å². The van der Waals surface area contributed by atoms with Gasteiger partial charge in [0, 0.05) is 23.7 Å². The average Bonchev–Trinajstić information content (AvgIpc) is 3.10. The Morgan fingerprint density at radius 2 is 1.91 bits per heavy atom. The van der Waals surface area contributed by atoms with Gasteiger partial charge >= 0.3 is 0 Å². The van der Waals surface area contributed by atoms with Gasteiger partial charge in [-0.1, -0.05) is 11.6 Å². The Labute approximate surface area is 140 Å². The molecule has 4 N–H and O–H groups in total. The highest BCUT2D eigenvalue weighted by atomic mass is 35.5.